The minimum absolute atomic E-state index is 0.154. The van der Waals surface area contributed by atoms with Gasteiger partial charge in [0.05, 0.1) is 0 Å². The van der Waals surface area contributed by atoms with Gasteiger partial charge in [0, 0.05) is 40.8 Å². The molecule has 0 aliphatic carbocycles. The highest BCUT2D eigenvalue weighted by Gasteiger charge is 2.24. The number of piperidine rings is 1. The molecule has 1 atom stereocenters. The highest BCUT2D eigenvalue weighted by Crippen LogP contribution is 2.27. The van der Waals surface area contributed by atoms with Crippen LogP contribution >= 0.6 is 0 Å². The molecule has 0 saturated carbocycles. The standard InChI is InChI=1S/C20H25N3O2/c1-14-7-5-6-12-22(14)20(25)13-23-15(2)16(10-11-19(21)24)17-8-3-4-9-18(17)23/h3-4,8-11,14H,5-7,12-13H2,1-2H3,(H2,21,24)/b11-10+. The fourth-order valence-electron chi connectivity index (χ4n) is 3.73. The first-order valence-electron chi connectivity index (χ1n) is 8.84. The zero-order valence-corrected chi connectivity index (χ0v) is 14.9. The van der Waals surface area contributed by atoms with Gasteiger partial charge in [-0.2, -0.15) is 0 Å². The Hall–Kier alpha value is -2.56. The smallest absolute Gasteiger partial charge is 0.242 e. The summed E-state index contributed by atoms with van der Waals surface area (Å²) in [4.78, 5) is 26.0. The molecule has 2 aromatic rings. The maximum atomic E-state index is 12.9. The van der Waals surface area contributed by atoms with E-state index in [4.69, 9.17) is 5.73 Å². The van der Waals surface area contributed by atoms with Crippen LogP contribution in [-0.4, -0.2) is 33.9 Å². The summed E-state index contributed by atoms with van der Waals surface area (Å²) in [6.07, 6.45) is 6.45. The number of carbonyl (C=O) groups excluding carboxylic acids is 2. The second-order valence-corrected chi connectivity index (χ2v) is 6.77. The molecule has 1 fully saturated rings. The molecule has 1 aliphatic heterocycles. The molecule has 1 aliphatic rings. The Morgan fingerprint density at radius 1 is 1.28 bits per heavy atom. The number of amides is 2. The molecule has 25 heavy (non-hydrogen) atoms. The number of aromatic nitrogens is 1. The topological polar surface area (TPSA) is 68.3 Å². The van der Waals surface area contributed by atoms with Gasteiger partial charge >= 0.3 is 0 Å². The minimum atomic E-state index is -0.477. The van der Waals surface area contributed by atoms with Crippen molar-refractivity contribution in [3.63, 3.8) is 0 Å². The van der Waals surface area contributed by atoms with E-state index in [2.05, 4.69) is 6.92 Å². The number of primary amides is 1. The van der Waals surface area contributed by atoms with Crippen LogP contribution in [-0.2, 0) is 16.1 Å². The second-order valence-electron chi connectivity index (χ2n) is 6.77. The molecule has 132 valence electrons. The Kier molecular flexibility index (Phi) is 4.93. The molecule has 2 N–H and O–H groups in total. The Balaban J connectivity index is 1.97. The van der Waals surface area contributed by atoms with Gasteiger partial charge in [-0.15, -0.1) is 0 Å². The van der Waals surface area contributed by atoms with Crippen LogP contribution in [0.3, 0.4) is 0 Å². The molecular formula is C20H25N3O2. The van der Waals surface area contributed by atoms with E-state index in [1.54, 1.807) is 6.08 Å². The zero-order chi connectivity index (χ0) is 18.0. The summed E-state index contributed by atoms with van der Waals surface area (Å²) in [7, 11) is 0. The Morgan fingerprint density at radius 3 is 2.76 bits per heavy atom. The molecule has 2 heterocycles. The van der Waals surface area contributed by atoms with E-state index in [0.29, 0.717) is 12.6 Å². The molecule has 5 nitrogen and oxygen atoms in total. The number of rotatable bonds is 4. The lowest BCUT2D eigenvalue weighted by Crippen LogP contribution is -2.43. The van der Waals surface area contributed by atoms with Gasteiger partial charge in [-0.05, 0) is 45.3 Å². The molecule has 1 aromatic heterocycles. The molecule has 1 saturated heterocycles. The maximum Gasteiger partial charge on any atom is 0.242 e. The predicted molar refractivity (Wildman–Crippen MR) is 99.9 cm³/mol. The van der Waals surface area contributed by atoms with Gasteiger partial charge in [-0.25, -0.2) is 0 Å². The molecule has 1 unspecified atom stereocenters. The molecule has 3 rings (SSSR count). The number of fused-ring (bicyclic) bond motifs is 1. The lowest BCUT2D eigenvalue weighted by atomic mass is 10.0. The monoisotopic (exact) mass is 339 g/mol. The number of nitrogens with zero attached hydrogens (tertiary/aromatic N) is 2. The molecule has 1 aromatic carbocycles. The van der Waals surface area contributed by atoms with Gasteiger partial charge in [0.1, 0.15) is 6.54 Å². The van der Waals surface area contributed by atoms with Crippen molar-refractivity contribution in [3.8, 4) is 0 Å². The van der Waals surface area contributed by atoms with Crippen molar-refractivity contribution in [2.45, 2.75) is 45.7 Å². The van der Waals surface area contributed by atoms with Gasteiger partial charge in [-0.1, -0.05) is 18.2 Å². The van der Waals surface area contributed by atoms with Crippen molar-refractivity contribution in [3.05, 3.63) is 41.6 Å². The average molecular weight is 339 g/mol. The average Bonchev–Trinajstić information content (AvgIpc) is 2.85. The van der Waals surface area contributed by atoms with Crippen molar-refractivity contribution >= 4 is 28.8 Å². The van der Waals surface area contributed by atoms with E-state index in [1.807, 2.05) is 40.7 Å². The minimum Gasteiger partial charge on any atom is -0.366 e. The summed E-state index contributed by atoms with van der Waals surface area (Å²) in [6.45, 7) is 5.26. The summed E-state index contributed by atoms with van der Waals surface area (Å²) >= 11 is 0. The number of para-hydroxylation sites is 1. The van der Waals surface area contributed by atoms with Crippen molar-refractivity contribution < 1.29 is 9.59 Å². The molecule has 0 radical (unpaired) electrons. The van der Waals surface area contributed by atoms with Gasteiger partial charge in [0.2, 0.25) is 11.8 Å². The summed E-state index contributed by atoms with van der Waals surface area (Å²) in [5.41, 5.74) is 8.15. The van der Waals surface area contributed by atoms with Crippen molar-refractivity contribution in [1.82, 2.24) is 9.47 Å². The number of benzene rings is 1. The number of likely N-dealkylation sites (tertiary alicyclic amines) is 1. The van der Waals surface area contributed by atoms with Crippen LogP contribution < -0.4 is 5.73 Å². The highest BCUT2D eigenvalue weighted by molar-refractivity contribution is 5.97. The summed E-state index contributed by atoms with van der Waals surface area (Å²) in [5.74, 6) is -0.323. The summed E-state index contributed by atoms with van der Waals surface area (Å²) < 4.78 is 2.04. The molecule has 0 spiro atoms. The van der Waals surface area contributed by atoms with Crippen LogP contribution in [0.5, 0.6) is 0 Å². The van der Waals surface area contributed by atoms with Crippen molar-refractivity contribution in [2.24, 2.45) is 5.73 Å². The van der Waals surface area contributed by atoms with Crippen LogP contribution in [0.4, 0.5) is 0 Å². The van der Waals surface area contributed by atoms with E-state index in [1.165, 1.54) is 12.5 Å². The Labute approximate surface area is 148 Å². The third-order valence-corrected chi connectivity index (χ3v) is 5.11. The number of carbonyl (C=O) groups is 2. The van der Waals surface area contributed by atoms with Gasteiger partial charge in [0.15, 0.2) is 0 Å². The van der Waals surface area contributed by atoms with E-state index in [-0.39, 0.29) is 5.91 Å². The fourth-order valence-corrected chi connectivity index (χ4v) is 3.73. The second kappa shape index (κ2) is 7.13. The third kappa shape index (κ3) is 3.45. The normalized spacial score (nSPS) is 18.2. The lowest BCUT2D eigenvalue weighted by molar-refractivity contribution is -0.135. The SMILES string of the molecule is Cc1c(/C=C/C(N)=O)c2ccccc2n1CC(=O)N1CCCCC1C. The quantitative estimate of drug-likeness (QED) is 0.870. The van der Waals surface area contributed by atoms with Crippen LogP contribution in [0.15, 0.2) is 30.3 Å². The van der Waals surface area contributed by atoms with Gasteiger partial charge in [0.25, 0.3) is 0 Å². The molecule has 5 heteroatoms. The molecular weight excluding hydrogens is 314 g/mol. The first kappa shape index (κ1) is 17.3. The summed E-state index contributed by atoms with van der Waals surface area (Å²) in [5, 5.41) is 1.02. The van der Waals surface area contributed by atoms with E-state index in [9.17, 15) is 9.59 Å². The lowest BCUT2D eigenvalue weighted by Gasteiger charge is -2.33. The van der Waals surface area contributed by atoms with Crippen LogP contribution in [0.1, 0.15) is 37.4 Å². The van der Waals surface area contributed by atoms with Crippen LogP contribution in [0, 0.1) is 6.92 Å². The maximum absolute atomic E-state index is 12.9. The number of nitrogens with two attached hydrogens (primary N) is 1. The first-order chi connectivity index (χ1) is 12.0. The van der Waals surface area contributed by atoms with E-state index in [0.717, 1.165) is 41.5 Å². The number of hydrogen-bond acceptors (Lipinski definition) is 2. The van der Waals surface area contributed by atoms with E-state index >= 15 is 0 Å². The predicted octanol–water partition coefficient (Wildman–Crippen LogP) is 2.85. The zero-order valence-electron chi connectivity index (χ0n) is 14.9. The Bertz CT molecular complexity index is 835. The largest absolute Gasteiger partial charge is 0.366 e. The number of hydrogen-bond donors (Lipinski definition) is 1. The van der Waals surface area contributed by atoms with Gasteiger partial charge < -0.3 is 15.2 Å². The van der Waals surface area contributed by atoms with Crippen LogP contribution in [0.2, 0.25) is 0 Å². The van der Waals surface area contributed by atoms with Crippen LogP contribution in [0.25, 0.3) is 17.0 Å². The molecule has 2 amide bonds. The first-order valence-corrected chi connectivity index (χ1v) is 8.84. The highest BCUT2D eigenvalue weighted by atomic mass is 16.2. The van der Waals surface area contributed by atoms with Gasteiger partial charge in [-0.3, -0.25) is 9.59 Å². The Morgan fingerprint density at radius 2 is 2.04 bits per heavy atom. The van der Waals surface area contributed by atoms with Crippen molar-refractivity contribution in [2.75, 3.05) is 6.54 Å². The van der Waals surface area contributed by atoms with E-state index < -0.39 is 5.91 Å². The third-order valence-electron chi connectivity index (χ3n) is 5.11. The van der Waals surface area contributed by atoms with Crippen molar-refractivity contribution in [1.29, 1.82) is 0 Å². The fraction of sp³-hybridized carbons (Fsp3) is 0.400. The summed E-state index contributed by atoms with van der Waals surface area (Å²) in [6, 6.07) is 8.25. The molecule has 0 bridgehead atoms.